The number of hydrogen-bond donors (Lipinski definition) is 0. The molecule has 0 N–H and O–H groups in total. The fraction of sp³-hybridized carbons (Fsp3) is 0.444. The average molecular weight is 244 g/mol. The van der Waals surface area contributed by atoms with Crippen LogP contribution >= 0.6 is 15.9 Å². The number of aromatic nitrogens is 1. The van der Waals surface area contributed by atoms with Crippen molar-refractivity contribution in [3.63, 3.8) is 0 Å². The van der Waals surface area contributed by atoms with Gasteiger partial charge in [0.1, 0.15) is 4.47 Å². The lowest BCUT2D eigenvalue weighted by atomic mass is 10.2. The Morgan fingerprint density at radius 3 is 2.85 bits per heavy atom. The summed E-state index contributed by atoms with van der Waals surface area (Å²) < 4.78 is 6.53. The third-order valence-corrected chi connectivity index (χ3v) is 3.04. The molecule has 13 heavy (non-hydrogen) atoms. The monoisotopic (exact) mass is 243 g/mol. The van der Waals surface area contributed by atoms with Crippen molar-refractivity contribution < 1.29 is 9.47 Å². The first kappa shape index (κ1) is 8.81. The van der Waals surface area contributed by atoms with E-state index in [1.165, 1.54) is 31.7 Å². The molecule has 0 amide bonds. The first-order valence-corrected chi connectivity index (χ1v) is 4.99. The second kappa shape index (κ2) is 3.18. The Hall–Kier alpha value is -0.770. The van der Waals surface area contributed by atoms with Crippen molar-refractivity contribution in [2.24, 2.45) is 0 Å². The smallest absolute Gasteiger partial charge is 0.394 e. The molecule has 70 valence electrons. The van der Waals surface area contributed by atoms with E-state index in [0.717, 1.165) is 9.20 Å². The molecule has 1 heterocycles. The molecule has 1 aromatic rings. The van der Waals surface area contributed by atoms with E-state index in [1.807, 2.05) is 6.07 Å². The molecule has 1 fully saturated rings. The molecule has 0 aromatic carbocycles. The Kier molecular flexibility index (Phi) is 2.15. The quantitative estimate of drug-likeness (QED) is 0.589. The number of pyridine rings is 1. The number of rotatable bonds is 2. The molecule has 0 bridgehead atoms. The molecular weight excluding hydrogens is 234 g/mol. The molecule has 2 rings (SSSR count). The van der Waals surface area contributed by atoms with Gasteiger partial charge in [0.25, 0.3) is 0 Å². The Morgan fingerprint density at radius 1 is 1.62 bits per heavy atom. The molecule has 1 aromatic heterocycles. The van der Waals surface area contributed by atoms with Crippen molar-refractivity contribution in [1.82, 2.24) is 0 Å². The number of ether oxygens (including phenoxy) is 1. The third kappa shape index (κ3) is 1.50. The van der Waals surface area contributed by atoms with E-state index in [2.05, 4.69) is 15.9 Å². The molecule has 0 unspecified atom stereocenters. The second-order valence-corrected chi connectivity index (χ2v) is 3.99. The highest BCUT2D eigenvalue weighted by molar-refractivity contribution is 9.10. The summed E-state index contributed by atoms with van der Waals surface area (Å²) in [5.74, 6) is 0.967. The number of hydrogen-bond acceptors (Lipinski definition) is 2. The normalized spacial score (nSPS) is 15.8. The van der Waals surface area contributed by atoms with Crippen LogP contribution in [-0.4, -0.2) is 7.11 Å². The Bertz CT molecular complexity index is 337. The minimum absolute atomic E-state index is 0.351. The summed E-state index contributed by atoms with van der Waals surface area (Å²) in [6.07, 6.45) is 3.92. The SMILES string of the molecule is COc1c(Br)c(C2CC2)cc[n+]1[O-]. The Labute approximate surface area is 85.0 Å². The summed E-state index contributed by atoms with van der Waals surface area (Å²) in [7, 11) is 1.51. The summed E-state index contributed by atoms with van der Waals surface area (Å²) in [6, 6.07) is 1.86. The molecular formula is C9H10BrNO2. The molecule has 0 saturated heterocycles. The Balaban J connectivity index is 2.47. The zero-order valence-electron chi connectivity index (χ0n) is 7.29. The largest absolute Gasteiger partial charge is 0.616 e. The van der Waals surface area contributed by atoms with Gasteiger partial charge in [-0.05, 0) is 40.3 Å². The van der Waals surface area contributed by atoms with E-state index in [0.29, 0.717) is 11.8 Å². The van der Waals surface area contributed by atoms with Crippen LogP contribution in [-0.2, 0) is 0 Å². The lowest BCUT2D eigenvalue weighted by molar-refractivity contribution is -0.612. The number of halogens is 1. The van der Waals surface area contributed by atoms with Gasteiger partial charge in [-0.15, -0.1) is 4.73 Å². The van der Waals surface area contributed by atoms with Gasteiger partial charge >= 0.3 is 5.88 Å². The van der Waals surface area contributed by atoms with Crippen LogP contribution in [0.4, 0.5) is 0 Å². The van der Waals surface area contributed by atoms with E-state index in [4.69, 9.17) is 4.74 Å². The first-order valence-electron chi connectivity index (χ1n) is 4.19. The van der Waals surface area contributed by atoms with Gasteiger partial charge in [-0.3, -0.25) is 0 Å². The predicted octanol–water partition coefficient (Wildman–Crippen LogP) is 1.97. The zero-order valence-corrected chi connectivity index (χ0v) is 8.87. The van der Waals surface area contributed by atoms with Crippen molar-refractivity contribution in [2.75, 3.05) is 7.11 Å². The molecule has 1 aliphatic rings. The molecule has 3 nitrogen and oxygen atoms in total. The lowest BCUT2D eigenvalue weighted by Gasteiger charge is -2.07. The average Bonchev–Trinajstić information content (AvgIpc) is 2.88. The molecule has 1 aliphatic carbocycles. The minimum atomic E-state index is 0.351. The van der Waals surface area contributed by atoms with Crippen LogP contribution in [0, 0.1) is 5.21 Å². The van der Waals surface area contributed by atoms with Gasteiger partial charge in [0.05, 0.1) is 7.11 Å². The molecule has 0 atom stereocenters. The highest BCUT2D eigenvalue weighted by atomic mass is 79.9. The van der Waals surface area contributed by atoms with E-state index in [9.17, 15) is 5.21 Å². The summed E-state index contributed by atoms with van der Waals surface area (Å²) in [4.78, 5) is 0. The van der Waals surface area contributed by atoms with E-state index < -0.39 is 0 Å². The van der Waals surface area contributed by atoms with Crippen LogP contribution in [0.25, 0.3) is 0 Å². The van der Waals surface area contributed by atoms with Gasteiger partial charge in [-0.1, -0.05) is 0 Å². The van der Waals surface area contributed by atoms with Crippen LogP contribution in [0.15, 0.2) is 16.7 Å². The fourth-order valence-electron chi connectivity index (χ4n) is 1.40. The van der Waals surface area contributed by atoms with Crippen molar-refractivity contribution in [1.29, 1.82) is 0 Å². The maximum absolute atomic E-state index is 11.2. The fourth-order valence-corrected chi connectivity index (χ4v) is 2.19. The van der Waals surface area contributed by atoms with Gasteiger partial charge in [0.15, 0.2) is 6.20 Å². The number of nitrogens with zero attached hydrogens (tertiary/aromatic N) is 1. The van der Waals surface area contributed by atoms with Crippen LogP contribution in [0.1, 0.15) is 24.3 Å². The molecule has 0 spiro atoms. The summed E-state index contributed by atoms with van der Waals surface area (Å²) in [5.41, 5.74) is 1.18. The van der Waals surface area contributed by atoms with Gasteiger partial charge in [0, 0.05) is 6.07 Å². The van der Waals surface area contributed by atoms with Crippen LogP contribution in [0.3, 0.4) is 0 Å². The lowest BCUT2D eigenvalue weighted by Crippen LogP contribution is -2.28. The second-order valence-electron chi connectivity index (χ2n) is 3.19. The van der Waals surface area contributed by atoms with Crippen LogP contribution in [0.5, 0.6) is 5.88 Å². The topological polar surface area (TPSA) is 36.2 Å². The predicted molar refractivity (Wildman–Crippen MR) is 51.6 cm³/mol. The van der Waals surface area contributed by atoms with Gasteiger partial charge in [-0.25, -0.2) is 0 Å². The van der Waals surface area contributed by atoms with Gasteiger partial charge in [-0.2, -0.15) is 0 Å². The number of methoxy groups -OCH3 is 1. The van der Waals surface area contributed by atoms with E-state index in [-0.39, 0.29) is 0 Å². The van der Waals surface area contributed by atoms with Crippen molar-refractivity contribution in [2.45, 2.75) is 18.8 Å². The standard InChI is InChI=1S/C9H10BrNO2/c1-13-9-8(10)7(6-2-3-6)4-5-11(9)12/h4-6H,2-3H2,1H3. The minimum Gasteiger partial charge on any atom is -0.616 e. The first-order chi connectivity index (χ1) is 6.24. The summed E-state index contributed by atoms with van der Waals surface area (Å²) in [6.45, 7) is 0. The molecule has 4 heteroatoms. The van der Waals surface area contributed by atoms with Gasteiger partial charge in [0.2, 0.25) is 0 Å². The summed E-state index contributed by atoms with van der Waals surface area (Å²) >= 11 is 3.39. The molecule has 0 aliphatic heterocycles. The molecule has 0 radical (unpaired) electrons. The third-order valence-electron chi connectivity index (χ3n) is 2.24. The highest BCUT2D eigenvalue weighted by Crippen LogP contribution is 2.44. The zero-order chi connectivity index (χ0) is 9.42. The van der Waals surface area contributed by atoms with E-state index >= 15 is 0 Å². The van der Waals surface area contributed by atoms with Crippen LogP contribution in [0.2, 0.25) is 0 Å². The van der Waals surface area contributed by atoms with Crippen molar-refractivity contribution in [3.05, 3.63) is 27.5 Å². The highest BCUT2D eigenvalue weighted by Gasteiger charge is 2.29. The maximum Gasteiger partial charge on any atom is 0.394 e. The van der Waals surface area contributed by atoms with Gasteiger partial charge < -0.3 is 9.94 Å². The maximum atomic E-state index is 11.2. The molecule has 1 saturated carbocycles. The van der Waals surface area contributed by atoms with E-state index in [1.54, 1.807) is 0 Å². The van der Waals surface area contributed by atoms with Crippen LogP contribution < -0.4 is 9.47 Å². The summed E-state index contributed by atoms with van der Waals surface area (Å²) in [5, 5.41) is 11.2. The van der Waals surface area contributed by atoms with Crippen molar-refractivity contribution >= 4 is 15.9 Å². The Morgan fingerprint density at radius 2 is 2.31 bits per heavy atom. The van der Waals surface area contributed by atoms with Crippen molar-refractivity contribution in [3.8, 4) is 5.88 Å².